The molecule has 3 aromatic rings. The van der Waals surface area contributed by atoms with Gasteiger partial charge in [0.15, 0.2) is 0 Å². The third-order valence-corrected chi connectivity index (χ3v) is 8.99. The highest BCUT2D eigenvalue weighted by molar-refractivity contribution is 6.76. The largest absolute Gasteiger partial charge is 0.510 e. The molecule has 0 amide bonds. The summed E-state index contributed by atoms with van der Waals surface area (Å²) in [5.41, 5.74) is 1.29. The van der Waals surface area contributed by atoms with E-state index in [0.29, 0.717) is 19.0 Å². The SMILES string of the molecule is C[Si](C)(C)CCOCn1nc(B(O)O)cc(-c2nc3ccccc3n2COCC[Si](C)(C)C)c1=O. The van der Waals surface area contributed by atoms with Gasteiger partial charge in [0.1, 0.15) is 19.3 Å². The van der Waals surface area contributed by atoms with Crippen molar-refractivity contribution in [3.8, 4) is 11.4 Å². The van der Waals surface area contributed by atoms with Crippen LogP contribution in [0.25, 0.3) is 22.4 Å². The average molecular weight is 517 g/mol. The molecule has 1 aromatic carbocycles. The fraction of sp³-hybridized carbons (Fsp3) is 0.522. The van der Waals surface area contributed by atoms with E-state index in [0.717, 1.165) is 27.8 Å². The minimum absolute atomic E-state index is 0.0494. The lowest BCUT2D eigenvalue weighted by Gasteiger charge is -2.17. The maximum atomic E-state index is 13.4. The average Bonchev–Trinajstić information content (AvgIpc) is 3.12. The van der Waals surface area contributed by atoms with Crippen molar-refractivity contribution in [3.63, 3.8) is 0 Å². The van der Waals surface area contributed by atoms with Gasteiger partial charge in [0, 0.05) is 29.4 Å². The van der Waals surface area contributed by atoms with E-state index in [4.69, 9.17) is 14.5 Å². The molecule has 0 atom stereocenters. The molecule has 0 aliphatic carbocycles. The Hall–Kier alpha value is -2.09. The molecular formula is C23H37BN4O5Si2. The fourth-order valence-electron chi connectivity index (χ4n) is 3.41. The Labute approximate surface area is 208 Å². The second-order valence-electron chi connectivity index (χ2n) is 11.2. The molecule has 0 saturated carbocycles. The van der Waals surface area contributed by atoms with Gasteiger partial charge < -0.3 is 19.5 Å². The Morgan fingerprint density at radius 1 is 0.943 bits per heavy atom. The molecule has 0 bridgehead atoms. The molecule has 12 heteroatoms. The fourth-order valence-corrected chi connectivity index (χ4v) is 4.92. The zero-order valence-corrected chi connectivity index (χ0v) is 23.6. The monoisotopic (exact) mass is 516 g/mol. The Morgan fingerprint density at radius 2 is 1.54 bits per heavy atom. The van der Waals surface area contributed by atoms with Gasteiger partial charge in [0.05, 0.1) is 22.2 Å². The molecule has 190 valence electrons. The second kappa shape index (κ2) is 11.3. The van der Waals surface area contributed by atoms with E-state index in [9.17, 15) is 14.8 Å². The molecule has 3 rings (SSSR count). The first-order chi connectivity index (χ1) is 16.4. The van der Waals surface area contributed by atoms with Gasteiger partial charge in [0.2, 0.25) is 0 Å². The van der Waals surface area contributed by atoms with Gasteiger partial charge in [-0.05, 0) is 30.3 Å². The summed E-state index contributed by atoms with van der Waals surface area (Å²) in [4.78, 5) is 18.1. The zero-order chi connectivity index (χ0) is 25.8. The van der Waals surface area contributed by atoms with Gasteiger partial charge in [-0.1, -0.05) is 51.4 Å². The zero-order valence-electron chi connectivity index (χ0n) is 21.6. The molecule has 35 heavy (non-hydrogen) atoms. The van der Waals surface area contributed by atoms with Crippen LogP contribution in [0.4, 0.5) is 0 Å². The summed E-state index contributed by atoms with van der Waals surface area (Å²) >= 11 is 0. The van der Waals surface area contributed by atoms with Gasteiger partial charge in [0.25, 0.3) is 5.56 Å². The number of nitrogens with zero attached hydrogens (tertiary/aromatic N) is 4. The van der Waals surface area contributed by atoms with E-state index in [2.05, 4.69) is 44.4 Å². The van der Waals surface area contributed by atoms with Crippen LogP contribution in [0.1, 0.15) is 0 Å². The molecule has 0 saturated heterocycles. The number of aromatic nitrogens is 4. The first-order valence-corrected chi connectivity index (χ1v) is 19.4. The summed E-state index contributed by atoms with van der Waals surface area (Å²) in [5, 5.41) is 23.8. The number of fused-ring (bicyclic) bond motifs is 1. The quantitative estimate of drug-likeness (QED) is 0.281. The summed E-state index contributed by atoms with van der Waals surface area (Å²) in [7, 11) is -4.39. The van der Waals surface area contributed by atoms with Gasteiger partial charge in [-0.3, -0.25) is 9.36 Å². The Bertz CT molecular complexity index is 1200. The van der Waals surface area contributed by atoms with E-state index in [1.54, 1.807) is 0 Å². The summed E-state index contributed by atoms with van der Waals surface area (Å²) in [6.45, 7) is 14.9. The maximum Gasteiger partial charge on any atom is 0.510 e. The van der Waals surface area contributed by atoms with Crippen molar-refractivity contribution in [2.45, 2.75) is 64.8 Å². The van der Waals surface area contributed by atoms with E-state index in [-0.39, 0.29) is 24.6 Å². The molecular weight excluding hydrogens is 479 g/mol. The normalized spacial score (nSPS) is 12.5. The Kier molecular flexibility index (Phi) is 8.89. The minimum atomic E-state index is -1.84. The molecule has 0 unspecified atom stereocenters. The first kappa shape index (κ1) is 27.5. The summed E-state index contributed by atoms with van der Waals surface area (Å²) < 4.78 is 14.7. The van der Waals surface area contributed by atoms with Crippen LogP contribution in [-0.4, -0.2) is 65.9 Å². The van der Waals surface area contributed by atoms with Gasteiger partial charge >= 0.3 is 7.12 Å². The van der Waals surface area contributed by atoms with Crippen LogP contribution in [-0.2, 0) is 22.9 Å². The van der Waals surface area contributed by atoms with Crippen molar-refractivity contribution < 1.29 is 19.5 Å². The number of ether oxygens (including phenoxy) is 2. The molecule has 0 fully saturated rings. The highest BCUT2D eigenvalue weighted by atomic mass is 28.3. The molecule has 2 heterocycles. The van der Waals surface area contributed by atoms with Crippen molar-refractivity contribution in [1.29, 1.82) is 0 Å². The molecule has 9 nitrogen and oxygen atoms in total. The molecule has 0 aliphatic rings. The second-order valence-corrected chi connectivity index (χ2v) is 22.5. The van der Waals surface area contributed by atoms with Crippen molar-refractivity contribution in [1.82, 2.24) is 19.3 Å². The first-order valence-electron chi connectivity index (χ1n) is 11.9. The molecule has 0 spiro atoms. The predicted octanol–water partition coefficient (Wildman–Crippen LogP) is 2.56. The van der Waals surface area contributed by atoms with Crippen LogP contribution in [0.5, 0.6) is 0 Å². The van der Waals surface area contributed by atoms with Crippen molar-refractivity contribution in [2.24, 2.45) is 0 Å². The highest BCUT2D eigenvalue weighted by Gasteiger charge is 2.23. The van der Waals surface area contributed by atoms with Crippen molar-refractivity contribution >= 4 is 39.9 Å². The molecule has 2 N–H and O–H groups in total. The van der Waals surface area contributed by atoms with E-state index in [1.807, 2.05) is 28.8 Å². The van der Waals surface area contributed by atoms with Crippen LogP contribution < -0.4 is 11.2 Å². The van der Waals surface area contributed by atoms with Crippen LogP contribution in [0, 0.1) is 0 Å². The summed E-state index contributed by atoms with van der Waals surface area (Å²) in [6, 6.07) is 10.9. The van der Waals surface area contributed by atoms with Crippen molar-refractivity contribution in [2.75, 3.05) is 13.2 Å². The van der Waals surface area contributed by atoms with Crippen LogP contribution in [0.2, 0.25) is 51.4 Å². The lowest BCUT2D eigenvalue weighted by molar-refractivity contribution is 0.0754. The lowest BCUT2D eigenvalue weighted by Crippen LogP contribution is -2.40. The van der Waals surface area contributed by atoms with Gasteiger partial charge in [-0.2, -0.15) is 5.10 Å². The van der Waals surface area contributed by atoms with Gasteiger partial charge in [-0.15, -0.1) is 0 Å². The topological polar surface area (TPSA) is 112 Å². The Balaban J connectivity index is 1.98. The van der Waals surface area contributed by atoms with Crippen molar-refractivity contribution in [3.05, 3.63) is 40.7 Å². The Morgan fingerprint density at radius 3 is 2.14 bits per heavy atom. The smallest absolute Gasteiger partial charge is 0.422 e. The minimum Gasteiger partial charge on any atom is -0.422 e. The number of hydrogen-bond acceptors (Lipinski definition) is 7. The number of benzene rings is 1. The van der Waals surface area contributed by atoms with Crippen LogP contribution in [0.3, 0.4) is 0 Å². The molecule has 2 aromatic heterocycles. The number of imidazole rings is 1. The van der Waals surface area contributed by atoms with Crippen LogP contribution in [0.15, 0.2) is 35.1 Å². The number of hydrogen-bond donors (Lipinski definition) is 2. The third-order valence-electron chi connectivity index (χ3n) is 5.58. The van der Waals surface area contributed by atoms with E-state index >= 15 is 0 Å². The predicted molar refractivity (Wildman–Crippen MR) is 145 cm³/mol. The maximum absolute atomic E-state index is 13.4. The summed E-state index contributed by atoms with van der Waals surface area (Å²) in [6.07, 6.45) is 0. The standard InChI is InChI=1S/C23H37BN4O5Si2/c1-34(2,3)13-11-32-16-27-20-10-8-7-9-19(20)25-22(27)18-15-21(24(30)31)26-28(23(18)29)17-33-12-14-35(4,5)6/h7-10,15,30-31H,11-14,16-17H2,1-6H3. The van der Waals surface area contributed by atoms with Crippen LogP contribution >= 0.6 is 0 Å². The lowest BCUT2D eigenvalue weighted by atomic mass is 9.85. The summed E-state index contributed by atoms with van der Waals surface area (Å²) in [5.74, 6) is 0.393. The number of para-hydroxylation sites is 2. The number of rotatable bonds is 12. The molecule has 0 aliphatic heterocycles. The molecule has 0 radical (unpaired) electrons. The van der Waals surface area contributed by atoms with Gasteiger partial charge in [-0.25, -0.2) is 9.67 Å². The highest BCUT2D eigenvalue weighted by Crippen LogP contribution is 2.23. The van der Waals surface area contributed by atoms with E-state index in [1.165, 1.54) is 6.07 Å². The third kappa shape index (κ3) is 7.69. The van der Waals surface area contributed by atoms with E-state index < -0.39 is 28.8 Å².